The molecule has 2 heterocycles. The lowest BCUT2D eigenvalue weighted by Crippen LogP contribution is -2.25. The third-order valence-corrected chi connectivity index (χ3v) is 5.87. The molecular weight excluding hydrogens is 370 g/mol. The fourth-order valence-corrected chi connectivity index (χ4v) is 3.78. The van der Waals surface area contributed by atoms with Crippen LogP contribution >= 0.6 is 11.3 Å². The highest BCUT2D eigenvalue weighted by Crippen LogP contribution is 2.22. The Morgan fingerprint density at radius 1 is 1.29 bits per heavy atom. The highest BCUT2D eigenvalue weighted by Gasteiger charge is 2.16. The number of aryl methyl sites for hydroxylation is 1. The maximum atomic E-state index is 12.7. The van der Waals surface area contributed by atoms with Crippen molar-refractivity contribution in [3.63, 3.8) is 0 Å². The number of ether oxygens (including phenoxy) is 1. The molecule has 0 fully saturated rings. The summed E-state index contributed by atoms with van der Waals surface area (Å²) in [5.41, 5.74) is 4.43. The molecule has 2 aromatic heterocycles. The van der Waals surface area contributed by atoms with Crippen molar-refractivity contribution in [1.29, 1.82) is 0 Å². The van der Waals surface area contributed by atoms with E-state index in [1.165, 1.54) is 16.9 Å². The fraction of sp³-hybridized carbons (Fsp3) is 0.364. The van der Waals surface area contributed by atoms with Crippen molar-refractivity contribution >= 4 is 17.2 Å². The minimum Gasteiger partial charge on any atom is -0.489 e. The van der Waals surface area contributed by atoms with Gasteiger partial charge in [0.25, 0.3) is 5.91 Å². The lowest BCUT2D eigenvalue weighted by Gasteiger charge is -2.15. The van der Waals surface area contributed by atoms with Gasteiger partial charge in [-0.05, 0) is 42.0 Å². The van der Waals surface area contributed by atoms with Gasteiger partial charge < -0.3 is 9.64 Å². The molecule has 0 saturated heterocycles. The molecule has 6 heteroatoms. The van der Waals surface area contributed by atoms with Gasteiger partial charge in [-0.25, -0.2) is 0 Å². The summed E-state index contributed by atoms with van der Waals surface area (Å²) in [7, 11) is 3.73. The van der Waals surface area contributed by atoms with Crippen LogP contribution < -0.4 is 4.74 Å². The molecule has 1 aromatic carbocycles. The molecule has 0 N–H and O–H groups in total. The van der Waals surface area contributed by atoms with E-state index in [9.17, 15) is 4.79 Å². The average molecular weight is 398 g/mol. The van der Waals surface area contributed by atoms with Gasteiger partial charge in [0.15, 0.2) is 0 Å². The molecule has 0 atom stereocenters. The van der Waals surface area contributed by atoms with Crippen LogP contribution in [0.15, 0.2) is 41.9 Å². The normalized spacial score (nSPS) is 11.1. The Morgan fingerprint density at radius 2 is 2.00 bits per heavy atom. The van der Waals surface area contributed by atoms with Gasteiger partial charge in [0.2, 0.25) is 0 Å². The number of carbonyl (C=O) groups excluding carboxylic acids is 1. The number of benzene rings is 1. The predicted octanol–water partition coefficient (Wildman–Crippen LogP) is 4.76. The zero-order chi connectivity index (χ0) is 20.3. The first-order chi connectivity index (χ1) is 13.3. The monoisotopic (exact) mass is 397 g/mol. The van der Waals surface area contributed by atoms with Crippen molar-refractivity contribution in [2.75, 3.05) is 7.05 Å². The lowest BCUT2D eigenvalue weighted by molar-refractivity contribution is 0.0789. The molecule has 1 amide bonds. The molecule has 28 heavy (non-hydrogen) atoms. The van der Waals surface area contributed by atoms with Crippen LogP contribution in [-0.2, 0) is 20.2 Å². The van der Waals surface area contributed by atoms with Gasteiger partial charge >= 0.3 is 0 Å². The van der Waals surface area contributed by atoms with Crippen molar-refractivity contribution in [3.8, 4) is 5.75 Å². The Bertz CT molecular complexity index is 941. The van der Waals surface area contributed by atoms with Crippen molar-refractivity contribution in [2.24, 2.45) is 7.05 Å². The highest BCUT2D eigenvalue weighted by atomic mass is 32.1. The van der Waals surface area contributed by atoms with Crippen molar-refractivity contribution in [3.05, 3.63) is 69.2 Å². The van der Waals surface area contributed by atoms with E-state index in [4.69, 9.17) is 4.74 Å². The van der Waals surface area contributed by atoms with E-state index in [-0.39, 0.29) is 5.91 Å². The minimum atomic E-state index is 0.0146. The van der Waals surface area contributed by atoms with Gasteiger partial charge in [-0.1, -0.05) is 26.0 Å². The quantitative estimate of drug-likeness (QED) is 0.577. The predicted molar refractivity (Wildman–Crippen MR) is 113 cm³/mol. The summed E-state index contributed by atoms with van der Waals surface area (Å²) in [6, 6.07) is 10.1. The number of hydrogen-bond donors (Lipinski definition) is 0. The summed E-state index contributed by atoms with van der Waals surface area (Å²) in [5, 5.41) is 6.22. The molecule has 0 aliphatic rings. The van der Waals surface area contributed by atoms with E-state index in [1.54, 1.807) is 4.90 Å². The molecule has 5 nitrogen and oxygen atoms in total. The number of hydrogen-bond acceptors (Lipinski definition) is 4. The van der Waals surface area contributed by atoms with Gasteiger partial charge in [-0.2, -0.15) is 5.10 Å². The van der Waals surface area contributed by atoms with Gasteiger partial charge in [0, 0.05) is 37.5 Å². The van der Waals surface area contributed by atoms with E-state index in [2.05, 4.69) is 31.1 Å². The van der Waals surface area contributed by atoms with E-state index < -0.39 is 0 Å². The number of rotatable bonds is 7. The van der Waals surface area contributed by atoms with Crippen LogP contribution in [0.3, 0.4) is 0 Å². The summed E-state index contributed by atoms with van der Waals surface area (Å²) in [6.45, 7) is 7.36. The van der Waals surface area contributed by atoms with E-state index in [1.807, 2.05) is 55.5 Å². The van der Waals surface area contributed by atoms with Gasteiger partial charge in [-0.15, -0.1) is 11.3 Å². The van der Waals surface area contributed by atoms with Crippen molar-refractivity contribution in [1.82, 2.24) is 14.7 Å². The third-order valence-electron chi connectivity index (χ3n) is 4.91. The van der Waals surface area contributed by atoms with Gasteiger partial charge in [0.05, 0.1) is 11.1 Å². The molecule has 0 spiro atoms. The van der Waals surface area contributed by atoms with Crippen molar-refractivity contribution in [2.45, 2.75) is 39.8 Å². The Balaban J connectivity index is 1.58. The minimum absolute atomic E-state index is 0.0146. The first-order valence-corrected chi connectivity index (χ1v) is 10.3. The zero-order valence-corrected chi connectivity index (χ0v) is 17.9. The van der Waals surface area contributed by atoms with Crippen LogP contribution in [0.5, 0.6) is 5.75 Å². The summed E-state index contributed by atoms with van der Waals surface area (Å²) >= 11 is 1.46. The van der Waals surface area contributed by atoms with Gasteiger partial charge in [-0.3, -0.25) is 9.48 Å². The average Bonchev–Trinajstić information content (AvgIpc) is 3.28. The maximum Gasteiger partial charge on any atom is 0.263 e. The second-order valence-corrected chi connectivity index (χ2v) is 8.28. The second-order valence-electron chi connectivity index (χ2n) is 7.37. The Labute approximate surface area is 170 Å². The smallest absolute Gasteiger partial charge is 0.263 e. The van der Waals surface area contributed by atoms with Crippen LogP contribution in [-0.4, -0.2) is 27.6 Å². The topological polar surface area (TPSA) is 47.4 Å². The third kappa shape index (κ3) is 4.62. The molecule has 3 aromatic rings. The Morgan fingerprint density at radius 3 is 2.61 bits per heavy atom. The van der Waals surface area contributed by atoms with Crippen LogP contribution in [0.25, 0.3) is 0 Å². The lowest BCUT2D eigenvalue weighted by atomic mass is 10.0. The molecule has 0 aliphatic carbocycles. The molecular formula is C22H27N3O2S. The standard InChI is InChI=1S/C22H27N3O2S/c1-15(2)18-6-8-20(9-7-18)27-13-17-10-21(28-14-17)22(26)24(4)12-19-11-23-25(5)16(19)3/h6-11,14-15H,12-13H2,1-5H3. The van der Waals surface area contributed by atoms with Gasteiger partial charge in [0.1, 0.15) is 12.4 Å². The number of amides is 1. The molecule has 0 radical (unpaired) electrons. The molecule has 148 valence electrons. The Kier molecular flexibility index (Phi) is 6.19. The fourth-order valence-electron chi connectivity index (χ4n) is 2.89. The first-order valence-electron chi connectivity index (χ1n) is 9.38. The largest absolute Gasteiger partial charge is 0.489 e. The van der Waals surface area contributed by atoms with Crippen LogP contribution in [0, 0.1) is 6.92 Å². The summed E-state index contributed by atoms with van der Waals surface area (Å²) < 4.78 is 7.69. The Hall–Kier alpha value is -2.60. The van der Waals surface area contributed by atoms with E-state index in [0.29, 0.717) is 19.1 Å². The van der Waals surface area contributed by atoms with E-state index in [0.717, 1.165) is 27.4 Å². The van der Waals surface area contributed by atoms with Crippen LogP contribution in [0.4, 0.5) is 0 Å². The second kappa shape index (κ2) is 8.61. The summed E-state index contributed by atoms with van der Waals surface area (Å²) in [6.07, 6.45) is 1.82. The first kappa shape index (κ1) is 20.1. The number of nitrogens with zero attached hydrogens (tertiary/aromatic N) is 3. The number of carbonyl (C=O) groups is 1. The molecule has 3 rings (SSSR count). The SMILES string of the molecule is Cc1c(CN(C)C(=O)c2cc(COc3ccc(C(C)C)cc3)cs2)cnn1C. The summed E-state index contributed by atoms with van der Waals surface area (Å²) in [5.74, 6) is 1.36. The number of thiophene rings is 1. The summed E-state index contributed by atoms with van der Waals surface area (Å²) in [4.78, 5) is 15.2. The molecule has 0 aliphatic heterocycles. The molecule has 0 unspecified atom stereocenters. The van der Waals surface area contributed by atoms with Crippen molar-refractivity contribution < 1.29 is 9.53 Å². The maximum absolute atomic E-state index is 12.7. The van der Waals surface area contributed by atoms with Crippen LogP contribution in [0.2, 0.25) is 0 Å². The zero-order valence-electron chi connectivity index (χ0n) is 17.1. The van der Waals surface area contributed by atoms with Crippen LogP contribution in [0.1, 0.15) is 51.8 Å². The molecule has 0 bridgehead atoms. The number of aromatic nitrogens is 2. The van der Waals surface area contributed by atoms with E-state index >= 15 is 0 Å². The molecule has 0 saturated carbocycles. The highest BCUT2D eigenvalue weighted by molar-refractivity contribution is 7.12.